The average molecular weight is 262 g/mol. The zero-order chi connectivity index (χ0) is 12.7. The number of fused-ring (bicyclic) bond motifs is 1. The third-order valence-corrected chi connectivity index (χ3v) is 4.58. The predicted molar refractivity (Wildman–Crippen MR) is 72.1 cm³/mol. The summed E-state index contributed by atoms with van der Waals surface area (Å²) in [5.41, 5.74) is 8.76. The summed E-state index contributed by atoms with van der Waals surface area (Å²) in [6, 6.07) is 5.22. The molecule has 2 N–H and O–H groups in total. The summed E-state index contributed by atoms with van der Waals surface area (Å²) in [6.45, 7) is 1.78. The minimum Gasteiger partial charge on any atom is -0.323 e. The smallest absolute Gasteiger partial charge is 0.126 e. The molecule has 3 rings (SSSR count). The van der Waals surface area contributed by atoms with Gasteiger partial charge in [0.2, 0.25) is 0 Å². The predicted octanol–water partition coefficient (Wildman–Crippen LogP) is 3.59. The fourth-order valence-corrected chi connectivity index (χ4v) is 3.52. The van der Waals surface area contributed by atoms with E-state index in [0.29, 0.717) is 5.56 Å². The molecule has 1 aliphatic rings. The summed E-state index contributed by atoms with van der Waals surface area (Å²) < 4.78 is 13.3. The number of hydrogen-bond donors (Lipinski definition) is 1. The van der Waals surface area contributed by atoms with E-state index in [1.165, 1.54) is 10.9 Å². The third-order valence-electron chi connectivity index (χ3n) is 3.40. The molecule has 0 saturated heterocycles. The maximum absolute atomic E-state index is 13.3. The number of aromatic nitrogens is 1. The van der Waals surface area contributed by atoms with Gasteiger partial charge < -0.3 is 5.73 Å². The molecule has 94 valence electrons. The molecule has 0 spiro atoms. The second kappa shape index (κ2) is 4.44. The molecule has 18 heavy (non-hydrogen) atoms. The highest BCUT2D eigenvalue weighted by atomic mass is 32.1. The quantitative estimate of drug-likeness (QED) is 0.853. The molecule has 1 unspecified atom stereocenters. The Morgan fingerprint density at radius 2 is 2.28 bits per heavy atom. The molecule has 0 aliphatic heterocycles. The number of aryl methyl sites for hydroxylation is 2. The Balaban J connectivity index is 2.04. The van der Waals surface area contributed by atoms with Crippen LogP contribution in [0, 0.1) is 12.7 Å². The van der Waals surface area contributed by atoms with Gasteiger partial charge in [0, 0.05) is 16.5 Å². The van der Waals surface area contributed by atoms with Crippen LogP contribution >= 0.6 is 11.3 Å². The largest absolute Gasteiger partial charge is 0.323 e. The lowest BCUT2D eigenvalue weighted by atomic mass is 9.99. The highest BCUT2D eigenvalue weighted by molar-refractivity contribution is 7.15. The van der Waals surface area contributed by atoms with Crippen LogP contribution in [-0.2, 0) is 6.42 Å². The Hall–Kier alpha value is -1.26. The van der Waals surface area contributed by atoms with Gasteiger partial charge >= 0.3 is 0 Å². The number of benzene rings is 1. The monoisotopic (exact) mass is 262 g/mol. The van der Waals surface area contributed by atoms with Gasteiger partial charge in [-0.05, 0) is 49.9 Å². The first-order valence-corrected chi connectivity index (χ1v) is 6.98. The average Bonchev–Trinajstić information content (AvgIpc) is 2.78. The molecule has 0 fully saturated rings. The first kappa shape index (κ1) is 11.8. The van der Waals surface area contributed by atoms with Crippen molar-refractivity contribution in [3.63, 3.8) is 0 Å². The van der Waals surface area contributed by atoms with E-state index in [4.69, 9.17) is 5.73 Å². The number of hydrogen-bond acceptors (Lipinski definition) is 3. The van der Waals surface area contributed by atoms with E-state index >= 15 is 0 Å². The lowest BCUT2D eigenvalue weighted by Gasteiger charge is -2.15. The molecule has 1 aromatic carbocycles. The van der Waals surface area contributed by atoms with Crippen molar-refractivity contribution < 1.29 is 4.39 Å². The summed E-state index contributed by atoms with van der Waals surface area (Å²) in [5.74, 6) is -0.170. The second-order valence-corrected chi connectivity index (χ2v) is 5.87. The van der Waals surface area contributed by atoms with Crippen molar-refractivity contribution >= 4 is 11.3 Å². The van der Waals surface area contributed by atoms with Crippen LogP contribution in [0.1, 0.15) is 35.0 Å². The summed E-state index contributed by atoms with van der Waals surface area (Å²) in [5, 5.41) is 0.959. The zero-order valence-corrected chi connectivity index (χ0v) is 11.1. The van der Waals surface area contributed by atoms with E-state index in [0.717, 1.165) is 35.5 Å². The van der Waals surface area contributed by atoms with Crippen LogP contribution in [0.4, 0.5) is 4.39 Å². The highest BCUT2D eigenvalue weighted by Crippen LogP contribution is 2.36. The number of nitrogens with two attached hydrogens (primary N) is 1. The molecule has 2 nitrogen and oxygen atoms in total. The van der Waals surface area contributed by atoms with Gasteiger partial charge in [0.25, 0.3) is 0 Å². The molecule has 1 heterocycles. The lowest BCUT2D eigenvalue weighted by Crippen LogP contribution is -2.16. The van der Waals surface area contributed by atoms with Crippen LogP contribution in [0.3, 0.4) is 0 Å². The van der Waals surface area contributed by atoms with Crippen molar-refractivity contribution in [3.8, 4) is 10.6 Å². The van der Waals surface area contributed by atoms with Crippen molar-refractivity contribution in [3.05, 3.63) is 40.2 Å². The first-order valence-electron chi connectivity index (χ1n) is 6.17. The van der Waals surface area contributed by atoms with Gasteiger partial charge in [0.05, 0.1) is 5.69 Å². The van der Waals surface area contributed by atoms with Gasteiger partial charge in [0.1, 0.15) is 10.8 Å². The van der Waals surface area contributed by atoms with Crippen molar-refractivity contribution in [2.24, 2.45) is 5.73 Å². The standard InChI is InChI=1S/C14H15FN2S/c1-8-7-9(5-6-10(8)15)14-17-13-11(16)3-2-4-12(13)18-14/h5-7,11H,2-4,16H2,1H3. The van der Waals surface area contributed by atoms with Gasteiger partial charge in [-0.25, -0.2) is 9.37 Å². The maximum atomic E-state index is 13.3. The molecule has 0 amide bonds. The first-order chi connectivity index (χ1) is 8.65. The Bertz CT molecular complexity index is 591. The van der Waals surface area contributed by atoms with Crippen LogP contribution in [0.25, 0.3) is 10.6 Å². The van der Waals surface area contributed by atoms with E-state index in [1.54, 1.807) is 24.3 Å². The van der Waals surface area contributed by atoms with Crippen LogP contribution in [0.5, 0.6) is 0 Å². The Kier molecular flexibility index (Phi) is 2.92. The van der Waals surface area contributed by atoms with Gasteiger partial charge in [-0.15, -0.1) is 11.3 Å². The molecule has 0 saturated carbocycles. The number of rotatable bonds is 1. The summed E-state index contributed by atoms with van der Waals surface area (Å²) >= 11 is 1.69. The molecule has 1 aromatic heterocycles. The molecule has 1 atom stereocenters. The number of thiazole rings is 1. The topological polar surface area (TPSA) is 38.9 Å². The van der Waals surface area contributed by atoms with E-state index in [1.807, 2.05) is 6.07 Å². The fourth-order valence-electron chi connectivity index (χ4n) is 2.35. The SMILES string of the molecule is Cc1cc(-c2nc3c(s2)CCCC3N)ccc1F. The van der Waals surface area contributed by atoms with Crippen molar-refractivity contribution in [2.75, 3.05) is 0 Å². The van der Waals surface area contributed by atoms with Crippen LogP contribution < -0.4 is 5.73 Å². The molecule has 2 aromatic rings. The molecular weight excluding hydrogens is 247 g/mol. The highest BCUT2D eigenvalue weighted by Gasteiger charge is 2.22. The Morgan fingerprint density at radius 1 is 1.44 bits per heavy atom. The Morgan fingerprint density at radius 3 is 3.00 bits per heavy atom. The van der Waals surface area contributed by atoms with E-state index in [9.17, 15) is 4.39 Å². The fraction of sp³-hybridized carbons (Fsp3) is 0.357. The zero-order valence-electron chi connectivity index (χ0n) is 10.2. The van der Waals surface area contributed by atoms with Crippen molar-refractivity contribution in [1.29, 1.82) is 0 Å². The van der Waals surface area contributed by atoms with Crippen LogP contribution in [0.2, 0.25) is 0 Å². The minimum atomic E-state index is -0.170. The van der Waals surface area contributed by atoms with Crippen LogP contribution in [-0.4, -0.2) is 4.98 Å². The summed E-state index contributed by atoms with van der Waals surface area (Å²) in [4.78, 5) is 5.94. The normalized spacial score (nSPS) is 18.7. The molecule has 0 bridgehead atoms. The molecule has 0 radical (unpaired) electrons. The summed E-state index contributed by atoms with van der Waals surface area (Å²) in [6.07, 6.45) is 3.22. The number of halogens is 1. The van der Waals surface area contributed by atoms with Crippen molar-refractivity contribution in [1.82, 2.24) is 4.98 Å². The second-order valence-electron chi connectivity index (χ2n) is 4.79. The minimum absolute atomic E-state index is 0.0697. The van der Waals surface area contributed by atoms with Gasteiger partial charge in [0.15, 0.2) is 0 Å². The van der Waals surface area contributed by atoms with Crippen molar-refractivity contribution in [2.45, 2.75) is 32.2 Å². The van der Waals surface area contributed by atoms with E-state index in [-0.39, 0.29) is 11.9 Å². The van der Waals surface area contributed by atoms with E-state index in [2.05, 4.69) is 4.98 Å². The van der Waals surface area contributed by atoms with Crippen LogP contribution in [0.15, 0.2) is 18.2 Å². The third kappa shape index (κ3) is 1.95. The lowest BCUT2D eigenvalue weighted by molar-refractivity contribution is 0.564. The van der Waals surface area contributed by atoms with Gasteiger partial charge in [-0.2, -0.15) is 0 Å². The van der Waals surface area contributed by atoms with Gasteiger partial charge in [-0.1, -0.05) is 0 Å². The molecule has 1 aliphatic carbocycles. The summed E-state index contributed by atoms with van der Waals surface area (Å²) in [7, 11) is 0. The van der Waals surface area contributed by atoms with E-state index < -0.39 is 0 Å². The molecule has 4 heteroatoms. The van der Waals surface area contributed by atoms with Gasteiger partial charge in [-0.3, -0.25) is 0 Å². The number of nitrogens with zero attached hydrogens (tertiary/aromatic N) is 1. The Labute approximate surface area is 110 Å². The molecular formula is C14H15FN2S. The maximum Gasteiger partial charge on any atom is 0.126 e.